The van der Waals surface area contributed by atoms with Crippen LogP contribution in [-0.4, -0.2) is 28.5 Å². The van der Waals surface area contributed by atoms with Crippen LogP contribution in [0, 0.1) is 5.92 Å². The van der Waals surface area contributed by atoms with E-state index >= 15 is 0 Å². The Labute approximate surface area is 97.7 Å². The molecule has 1 aliphatic heterocycles. The molecule has 3 nitrogen and oxygen atoms in total. The molecule has 0 radical (unpaired) electrons. The van der Waals surface area contributed by atoms with Crippen LogP contribution in [0.15, 0.2) is 24.4 Å². The average molecular weight is 219 g/mol. The highest BCUT2D eigenvalue weighted by molar-refractivity contribution is 5.05. The fourth-order valence-electron chi connectivity index (χ4n) is 2.58. The molecular weight excluding hydrogens is 198 g/mol. The van der Waals surface area contributed by atoms with E-state index in [0.29, 0.717) is 5.92 Å². The van der Waals surface area contributed by atoms with E-state index in [0.717, 1.165) is 25.3 Å². The summed E-state index contributed by atoms with van der Waals surface area (Å²) < 4.78 is 0. The first kappa shape index (κ1) is 11.6. The molecule has 1 aromatic rings. The van der Waals surface area contributed by atoms with E-state index in [9.17, 15) is 0 Å². The van der Waals surface area contributed by atoms with Crippen LogP contribution < -0.4 is 5.73 Å². The summed E-state index contributed by atoms with van der Waals surface area (Å²) in [6.45, 7) is 7.42. The molecule has 1 saturated heterocycles. The van der Waals surface area contributed by atoms with Crippen molar-refractivity contribution in [3.63, 3.8) is 0 Å². The molecule has 1 fully saturated rings. The van der Waals surface area contributed by atoms with Crippen LogP contribution in [-0.2, 0) is 6.54 Å². The molecule has 2 N–H and O–H groups in total. The fourth-order valence-corrected chi connectivity index (χ4v) is 2.58. The lowest BCUT2D eigenvalue weighted by Crippen LogP contribution is -2.37. The molecule has 0 aromatic carbocycles. The molecule has 3 heteroatoms. The first-order chi connectivity index (χ1) is 7.62. The predicted molar refractivity (Wildman–Crippen MR) is 65.9 cm³/mol. The van der Waals surface area contributed by atoms with Gasteiger partial charge in [0.05, 0.1) is 5.69 Å². The largest absolute Gasteiger partial charge is 0.330 e. The van der Waals surface area contributed by atoms with Crippen molar-refractivity contribution in [3.8, 4) is 0 Å². The Morgan fingerprint density at radius 3 is 2.88 bits per heavy atom. The monoisotopic (exact) mass is 219 g/mol. The number of nitrogens with two attached hydrogens (primary N) is 1. The topological polar surface area (TPSA) is 42.1 Å². The molecule has 2 heterocycles. The van der Waals surface area contributed by atoms with Gasteiger partial charge in [-0.2, -0.15) is 0 Å². The predicted octanol–water partition coefficient (Wildman–Crippen LogP) is 1.64. The van der Waals surface area contributed by atoms with Gasteiger partial charge >= 0.3 is 0 Å². The highest BCUT2D eigenvalue weighted by atomic mass is 15.2. The molecule has 0 aliphatic carbocycles. The van der Waals surface area contributed by atoms with Crippen LogP contribution >= 0.6 is 0 Å². The fraction of sp³-hybridized carbons (Fsp3) is 0.615. The smallest absolute Gasteiger partial charge is 0.0544 e. The third-order valence-corrected chi connectivity index (χ3v) is 3.54. The summed E-state index contributed by atoms with van der Waals surface area (Å²) in [7, 11) is 0. The van der Waals surface area contributed by atoms with Crippen LogP contribution in [0.25, 0.3) is 0 Å². The third-order valence-electron chi connectivity index (χ3n) is 3.54. The van der Waals surface area contributed by atoms with Crippen LogP contribution in [0.3, 0.4) is 0 Å². The Morgan fingerprint density at radius 2 is 2.31 bits per heavy atom. The summed E-state index contributed by atoms with van der Waals surface area (Å²) in [4.78, 5) is 6.88. The maximum atomic E-state index is 5.77. The van der Waals surface area contributed by atoms with Gasteiger partial charge in [0.1, 0.15) is 0 Å². The number of pyridine rings is 1. The van der Waals surface area contributed by atoms with Gasteiger partial charge in [-0.1, -0.05) is 6.07 Å². The van der Waals surface area contributed by atoms with E-state index in [2.05, 4.69) is 29.8 Å². The Balaban J connectivity index is 2.05. The second kappa shape index (κ2) is 4.52. The molecule has 0 amide bonds. The zero-order valence-electron chi connectivity index (χ0n) is 10.2. The van der Waals surface area contributed by atoms with E-state index in [-0.39, 0.29) is 5.54 Å². The van der Waals surface area contributed by atoms with Crippen molar-refractivity contribution in [2.45, 2.75) is 32.4 Å². The molecule has 16 heavy (non-hydrogen) atoms. The molecule has 2 rings (SSSR count). The lowest BCUT2D eigenvalue weighted by atomic mass is 9.96. The summed E-state index contributed by atoms with van der Waals surface area (Å²) in [5.41, 5.74) is 7.17. The van der Waals surface area contributed by atoms with Crippen molar-refractivity contribution in [1.29, 1.82) is 0 Å². The zero-order chi connectivity index (χ0) is 11.6. The summed E-state index contributed by atoms with van der Waals surface area (Å²) >= 11 is 0. The maximum absolute atomic E-state index is 5.77. The number of rotatable bonds is 3. The van der Waals surface area contributed by atoms with Crippen molar-refractivity contribution in [1.82, 2.24) is 9.88 Å². The van der Waals surface area contributed by atoms with Crippen molar-refractivity contribution in [2.75, 3.05) is 13.1 Å². The first-order valence-corrected chi connectivity index (χ1v) is 5.97. The first-order valence-electron chi connectivity index (χ1n) is 5.97. The van der Waals surface area contributed by atoms with E-state index in [1.165, 1.54) is 6.42 Å². The molecule has 0 saturated carbocycles. The van der Waals surface area contributed by atoms with Crippen molar-refractivity contribution in [2.24, 2.45) is 11.7 Å². The van der Waals surface area contributed by atoms with Gasteiger partial charge in [-0.3, -0.25) is 9.88 Å². The second-order valence-electron chi connectivity index (χ2n) is 5.32. The van der Waals surface area contributed by atoms with Crippen LogP contribution in [0.2, 0.25) is 0 Å². The molecule has 1 aliphatic rings. The summed E-state index contributed by atoms with van der Waals surface area (Å²) in [5, 5.41) is 0. The lowest BCUT2D eigenvalue weighted by molar-refractivity contribution is 0.164. The van der Waals surface area contributed by atoms with Crippen molar-refractivity contribution >= 4 is 0 Å². The van der Waals surface area contributed by atoms with E-state index in [1.54, 1.807) is 0 Å². The van der Waals surface area contributed by atoms with E-state index in [4.69, 9.17) is 5.73 Å². The van der Waals surface area contributed by atoms with Gasteiger partial charge in [0.25, 0.3) is 0 Å². The zero-order valence-corrected chi connectivity index (χ0v) is 10.2. The van der Waals surface area contributed by atoms with Gasteiger partial charge in [-0.25, -0.2) is 0 Å². The summed E-state index contributed by atoms with van der Waals surface area (Å²) in [6, 6.07) is 6.10. The number of aromatic nitrogens is 1. The minimum absolute atomic E-state index is 0.252. The standard InChI is InChI=1S/C13H21N3/c1-13(2)7-11(8-14)9-16(13)10-12-5-3-4-6-15-12/h3-6,11H,7-10,14H2,1-2H3. The molecular formula is C13H21N3. The molecule has 1 atom stereocenters. The minimum Gasteiger partial charge on any atom is -0.330 e. The summed E-state index contributed by atoms with van der Waals surface area (Å²) in [6.07, 6.45) is 3.05. The van der Waals surface area contributed by atoms with Crippen molar-refractivity contribution in [3.05, 3.63) is 30.1 Å². The van der Waals surface area contributed by atoms with Crippen LogP contribution in [0.4, 0.5) is 0 Å². The Morgan fingerprint density at radius 1 is 1.50 bits per heavy atom. The lowest BCUT2D eigenvalue weighted by Gasteiger charge is -2.31. The number of hydrogen-bond donors (Lipinski definition) is 1. The highest BCUT2D eigenvalue weighted by Gasteiger charge is 2.37. The van der Waals surface area contributed by atoms with Crippen LogP contribution in [0.1, 0.15) is 26.0 Å². The van der Waals surface area contributed by atoms with E-state index in [1.807, 2.05) is 18.3 Å². The van der Waals surface area contributed by atoms with Crippen LogP contribution in [0.5, 0.6) is 0 Å². The average Bonchev–Trinajstić information content (AvgIpc) is 2.55. The Bertz CT molecular complexity index is 334. The van der Waals surface area contributed by atoms with Gasteiger partial charge in [-0.05, 0) is 44.9 Å². The third kappa shape index (κ3) is 2.42. The number of nitrogens with zero attached hydrogens (tertiary/aromatic N) is 2. The van der Waals surface area contributed by atoms with Gasteiger partial charge in [0, 0.05) is 24.8 Å². The van der Waals surface area contributed by atoms with Gasteiger partial charge in [0.2, 0.25) is 0 Å². The molecule has 1 unspecified atom stereocenters. The van der Waals surface area contributed by atoms with Gasteiger partial charge in [0.15, 0.2) is 0 Å². The van der Waals surface area contributed by atoms with Gasteiger partial charge in [-0.15, -0.1) is 0 Å². The Hall–Kier alpha value is -0.930. The number of hydrogen-bond acceptors (Lipinski definition) is 3. The quantitative estimate of drug-likeness (QED) is 0.840. The van der Waals surface area contributed by atoms with Gasteiger partial charge < -0.3 is 5.73 Å². The molecule has 0 spiro atoms. The molecule has 88 valence electrons. The normalized spacial score (nSPS) is 24.8. The Kier molecular flexibility index (Phi) is 3.26. The molecule has 1 aromatic heterocycles. The maximum Gasteiger partial charge on any atom is 0.0544 e. The summed E-state index contributed by atoms with van der Waals surface area (Å²) in [5.74, 6) is 0.638. The second-order valence-corrected chi connectivity index (χ2v) is 5.32. The van der Waals surface area contributed by atoms with Crippen molar-refractivity contribution < 1.29 is 0 Å². The number of likely N-dealkylation sites (tertiary alicyclic amines) is 1. The molecule has 0 bridgehead atoms. The van der Waals surface area contributed by atoms with E-state index < -0.39 is 0 Å². The highest BCUT2D eigenvalue weighted by Crippen LogP contribution is 2.32. The SMILES string of the molecule is CC1(C)CC(CN)CN1Cc1ccccn1. The minimum atomic E-state index is 0.252.